The summed E-state index contributed by atoms with van der Waals surface area (Å²) >= 11 is 0. The Morgan fingerprint density at radius 3 is 2.50 bits per heavy atom. The van der Waals surface area contributed by atoms with Crippen LogP contribution in [-0.2, 0) is 4.79 Å². The van der Waals surface area contributed by atoms with Crippen LogP contribution in [0.4, 0.5) is 4.79 Å². The zero-order chi connectivity index (χ0) is 17.7. The van der Waals surface area contributed by atoms with Gasteiger partial charge in [0.2, 0.25) is 0 Å². The SMILES string of the molecule is COc1ccc2ccc(OC)c(/C=C(/C#N)C(=O)NC(N)=O)c2c1. The van der Waals surface area contributed by atoms with Gasteiger partial charge in [-0.25, -0.2) is 4.79 Å². The van der Waals surface area contributed by atoms with Gasteiger partial charge in [0.1, 0.15) is 23.1 Å². The highest BCUT2D eigenvalue weighted by Crippen LogP contribution is 2.32. The molecular formula is C17H15N3O4. The number of hydrogen-bond donors (Lipinski definition) is 2. The maximum absolute atomic E-state index is 11.9. The normalized spacial score (nSPS) is 10.8. The molecule has 0 fully saturated rings. The Labute approximate surface area is 138 Å². The number of nitrogens with zero attached hydrogens (tertiary/aromatic N) is 1. The summed E-state index contributed by atoms with van der Waals surface area (Å²) in [6.07, 6.45) is 1.35. The first-order valence-electron chi connectivity index (χ1n) is 6.87. The molecule has 2 aromatic carbocycles. The minimum absolute atomic E-state index is 0.276. The highest BCUT2D eigenvalue weighted by Gasteiger charge is 2.14. The molecule has 0 unspecified atom stereocenters. The van der Waals surface area contributed by atoms with Crippen LogP contribution in [0.3, 0.4) is 0 Å². The predicted octanol–water partition coefficient (Wildman–Crippen LogP) is 1.96. The number of benzene rings is 2. The summed E-state index contributed by atoms with van der Waals surface area (Å²) < 4.78 is 10.5. The number of amides is 3. The van der Waals surface area contributed by atoms with Crippen LogP contribution in [-0.4, -0.2) is 26.2 Å². The number of hydrogen-bond acceptors (Lipinski definition) is 5. The number of carbonyl (C=O) groups excluding carboxylic acids is 2. The van der Waals surface area contributed by atoms with Crippen molar-refractivity contribution in [2.45, 2.75) is 0 Å². The molecule has 3 N–H and O–H groups in total. The summed E-state index contributed by atoms with van der Waals surface area (Å²) in [7, 11) is 3.02. The van der Waals surface area contributed by atoms with Crippen molar-refractivity contribution in [2.75, 3.05) is 14.2 Å². The van der Waals surface area contributed by atoms with E-state index in [9.17, 15) is 14.9 Å². The van der Waals surface area contributed by atoms with E-state index < -0.39 is 11.9 Å². The van der Waals surface area contributed by atoms with Crippen molar-refractivity contribution in [3.05, 3.63) is 41.5 Å². The number of primary amides is 1. The molecule has 122 valence electrons. The Morgan fingerprint density at radius 1 is 1.21 bits per heavy atom. The quantitative estimate of drug-likeness (QED) is 0.658. The van der Waals surface area contributed by atoms with E-state index >= 15 is 0 Å². The molecule has 0 atom stereocenters. The van der Waals surface area contributed by atoms with E-state index in [1.54, 1.807) is 24.3 Å². The Balaban J connectivity index is 2.68. The number of fused-ring (bicyclic) bond motifs is 1. The number of urea groups is 1. The van der Waals surface area contributed by atoms with Gasteiger partial charge in [0.05, 0.1) is 14.2 Å². The minimum atomic E-state index is -1.03. The molecule has 7 heteroatoms. The number of nitrogens with one attached hydrogen (secondary N) is 1. The van der Waals surface area contributed by atoms with Gasteiger partial charge in [0, 0.05) is 5.56 Å². The van der Waals surface area contributed by atoms with Crippen molar-refractivity contribution < 1.29 is 19.1 Å². The van der Waals surface area contributed by atoms with Gasteiger partial charge in [-0.05, 0) is 35.0 Å². The van der Waals surface area contributed by atoms with Crippen LogP contribution < -0.4 is 20.5 Å². The Morgan fingerprint density at radius 2 is 1.92 bits per heavy atom. The molecule has 24 heavy (non-hydrogen) atoms. The van der Waals surface area contributed by atoms with Gasteiger partial charge in [-0.2, -0.15) is 5.26 Å². The Bertz CT molecular complexity index is 876. The Kier molecular flexibility index (Phi) is 5.02. The van der Waals surface area contributed by atoms with Gasteiger partial charge in [-0.3, -0.25) is 10.1 Å². The lowest BCUT2D eigenvalue weighted by molar-refractivity contribution is -0.115. The third kappa shape index (κ3) is 3.44. The maximum atomic E-state index is 11.9. The van der Waals surface area contributed by atoms with E-state index in [1.807, 2.05) is 17.4 Å². The minimum Gasteiger partial charge on any atom is -0.497 e. The zero-order valence-corrected chi connectivity index (χ0v) is 13.1. The molecule has 3 amide bonds. The van der Waals surface area contributed by atoms with Gasteiger partial charge in [0.15, 0.2) is 0 Å². The predicted molar refractivity (Wildman–Crippen MR) is 88.4 cm³/mol. The van der Waals surface area contributed by atoms with Crippen molar-refractivity contribution in [3.63, 3.8) is 0 Å². The van der Waals surface area contributed by atoms with Crippen LogP contribution in [0.15, 0.2) is 35.9 Å². The summed E-state index contributed by atoms with van der Waals surface area (Å²) in [5.41, 5.74) is 5.16. The number of methoxy groups -OCH3 is 2. The second-order valence-corrected chi connectivity index (χ2v) is 4.76. The van der Waals surface area contributed by atoms with Gasteiger partial charge in [0.25, 0.3) is 5.91 Å². The number of rotatable bonds is 4. The molecule has 0 heterocycles. The molecule has 7 nitrogen and oxygen atoms in total. The number of carbonyl (C=O) groups is 2. The summed E-state index contributed by atoms with van der Waals surface area (Å²) in [6, 6.07) is 9.71. The van der Waals surface area contributed by atoms with Crippen LogP contribution in [0, 0.1) is 11.3 Å². The van der Waals surface area contributed by atoms with Crippen molar-refractivity contribution in [3.8, 4) is 17.6 Å². The van der Waals surface area contributed by atoms with Gasteiger partial charge in [-0.15, -0.1) is 0 Å². The van der Waals surface area contributed by atoms with Crippen molar-refractivity contribution in [1.29, 1.82) is 5.26 Å². The summed E-state index contributed by atoms with van der Waals surface area (Å²) in [6.45, 7) is 0. The largest absolute Gasteiger partial charge is 0.497 e. The first kappa shape index (κ1) is 16.8. The highest BCUT2D eigenvalue weighted by molar-refractivity contribution is 6.10. The number of ether oxygens (including phenoxy) is 2. The zero-order valence-electron chi connectivity index (χ0n) is 13.1. The van der Waals surface area contributed by atoms with Crippen molar-refractivity contribution in [2.24, 2.45) is 5.73 Å². The molecule has 0 spiro atoms. The van der Waals surface area contributed by atoms with Gasteiger partial charge < -0.3 is 15.2 Å². The molecule has 0 aromatic heterocycles. The van der Waals surface area contributed by atoms with E-state index in [-0.39, 0.29) is 5.57 Å². The Hall–Kier alpha value is -3.53. The van der Waals surface area contributed by atoms with Crippen LogP contribution in [0.5, 0.6) is 11.5 Å². The van der Waals surface area contributed by atoms with E-state index in [2.05, 4.69) is 0 Å². The molecule has 0 saturated heterocycles. The van der Waals surface area contributed by atoms with Crippen LogP contribution >= 0.6 is 0 Å². The lowest BCUT2D eigenvalue weighted by Crippen LogP contribution is -2.35. The average molecular weight is 325 g/mol. The molecule has 0 radical (unpaired) electrons. The first-order chi connectivity index (χ1) is 11.5. The number of nitriles is 1. The maximum Gasteiger partial charge on any atom is 0.319 e. The monoisotopic (exact) mass is 325 g/mol. The third-order valence-electron chi connectivity index (χ3n) is 3.34. The van der Waals surface area contributed by atoms with E-state index in [0.29, 0.717) is 17.1 Å². The third-order valence-corrected chi connectivity index (χ3v) is 3.34. The van der Waals surface area contributed by atoms with Gasteiger partial charge in [-0.1, -0.05) is 12.1 Å². The molecule has 2 rings (SSSR count). The smallest absolute Gasteiger partial charge is 0.319 e. The summed E-state index contributed by atoms with van der Waals surface area (Å²) in [4.78, 5) is 22.7. The van der Waals surface area contributed by atoms with Gasteiger partial charge >= 0.3 is 6.03 Å². The second kappa shape index (κ2) is 7.15. The van der Waals surface area contributed by atoms with Crippen LogP contribution in [0.1, 0.15) is 5.56 Å². The second-order valence-electron chi connectivity index (χ2n) is 4.76. The molecule has 2 aromatic rings. The molecular weight excluding hydrogens is 310 g/mol. The molecule has 0 aliphatic heterocycles. The van der Waals surface area contributed by atoms with Crippen molar-refractivity contribution >= 4 is 28.8 Å². The summed E-state index contributed by atoms with van der Waals surface area (Å²) in [5, 5.41) is 12.7. The average Bonchev–Trinajstić information content (AvgIpc) is 2.58. The lowest BCUT2D eigenvalue weighted by atomic mass is 10.0. The fourth-order valence-corrected chi connectivity index (χ4v) is 2.23. The lowest BCUT2D eigenvalue weighted by Gasteiger charge is -2.11. The van der Waals surface area contributed by atoms with Crippen LogP contribution in [0.2, 0.25) is 0 Å². The van der Waals surface area contributed by atoms with E-state index in [4.69, 9.17) is 15.2 Å². The van der Waals surface area contributed by atoms with E-state index in [1.165, 1.54) is 20.3 Å². The molecule has 0 bridgehead atoms. The first-order valence-corrected chi connectivity index (χ1v) is 6.87. The fraction of sp³-hybridized carbons (Fsp3) is 0.118. The summed E-state index contributed by atoms with van der Waals surface area (Å²) in [5.74, 6) is 0.202. The highest BCUT2D eigenvalue weighted by atomic mass is 16.5. The molecule has 0 aliphatic carbocycles. The molecule has 0 aliphatic rings. The van der Waals surface area contributed by atoms with E-state index in [0.717, 1.165) is 10.8 Å². The molecule has 0 saturated carbocycles. The number of nitrogens with two attached hydrogens (primary N) is 1. The number of imide groups is 1. The fourth-order valence-electron chi connectivity index (χ4n) is 2.23. The topological polar surface area (TPSA) is 114 Å². The van der Waals surface area contributed by atoms with Crippen LogP contribution in [0.25, 0.3) is 16.8 Å². The van der Waals surface area contributed by atoms with Crippen molar-refractivity contribution in [1.82, 2.24) is 5.32 Å². The standard InChI is InChI=1S/C17H15N3O4/c1-23-12-5-3-10-4-6-15(24-2)14(13(10)8-12)7-11(9-18)16(21)20-17(19)22/h3-8H,1-2H3,(H3,19,20,21,22)/b11-7-.